The second-order valence-electron chi connectivity index (χ2n) is 10.7. The van der Waals surface area contributed by atoms with E-state index in [1.165, 1.54) is 12.1 Å². The summed E-state index contributed by atoms with van der Waals surface area (Å²) in [5.74, 6) is -2.42. The topological polar surface area (TPSA) is 72.4 Å². The summed E-state index contributed by atoms with van der Waals surface area (Å²) in [6.45, 7) is 7.83. The molecule has 39 heavy (non-hydrogen) atoms. The number of methoxy groups -OCH3 is 1. The maximum absolute atomic E-state index is 15.1. The Morgan fingerprint density at radius 1 is 1.10 bits per heavy atom. The number of hydrogen-bond donors (Lipinski definition) is 1. The number of nitrogens with one attached hydrogen (secondary N) is 1. The fourth-order valence-corrected chi connectivity index (χ4v) is 5.86. The van der Waals surface area contributed by atoms with E-state index in [1.54, 1.807) is 21.0 Å². The van der Waals surface area contributed by atoms with Gasteiger partial charge in [-0.2, -0.15) is 4.98 Å². The third-order valence-electron chi connectivity index (χ3n) is 7.98. The molecule has 1 N–H and O–H groups in total. The average Bonchev–Trinajstić information content (AvgIpc) is 2.92. The van der Waals surface area contributed by atoms with E-state index < -0.39 is 23.3 Å². The molecule has 1 atom stereocenters. The van der Waals surface area contributed by atoms with Crippen LogP contribution in [-0.2, 0) is 10.7 Å². The highest BCUT2D eigenvalue weighted by atomic mass is 19.3. The van der Waals surface area contributed by atoms with Gasteiger partial charge in [-0.15, -0.1) is 0 Å². The molecule has 3 aromatic rings. The van der Waals surface area contributed by atoms with Gasteiger partial charge in [0, 0.05) is 37.3 Å². The van der Waals surface area contributed by atoms with Gasteiger partial charge in [0.1, 0.15) is 17.5 Å². The standard InChI is InChI=1S/C29H36F3N5O2/c1-17(21-6-5-7-24(25(21)30)29(3,31)32)33-26-23-16-22(28(38-4)36-27(23)35-18(2)34-26)19-8-12-37(13-9-19)20-10-14-39-15-11-20/h5-7,16-17,19-20H,8-15H2,1-4H3,(H,33,34,35,36)/t17-/m1/s1. The van der Waals surface area contributed by atoms with Crippen molar-refractivity contribution in [3.05, 3.63) is 52.6 Å². The number of benzene rings is 1. The number of likely N-dealkylation sites (tertiary alicyclic amines) is 1. The summed E-state index contributed by atoms with van der Waals surface area (Å²) in [5.41, 5.74) is 0.976. The second kappa shape index (κ2) is 11.3. The van der Waals surface area contributed by atoms with Crippen molar-refractivity contribution in [3.63, 3.8) is 0 Å². The van der Waals surface area contributed by atoms with Gasteiger partial charge in [-0.05, 0) is 64.6 Å². The van der Waals surface area contributed by atoms with Crippen molar-refractivity contribution in [2.75, 3.05) is 38.7 Å². The van der Waals surface area contributed by atoms with Gasteiger partial charge in [0.25, 0.3) is 5.92 Å². The molecular formula is C29H36F3N5O2. The van der Waals surface area contributed by atoms with Gasteiger partial charge in [-0.1, -0.05) is 18.2 Å². The average molecular weight is 544 g/mol. The molecular weight excluding hydrogens is 507 g/mol. The molecule has 2 aromatic heterocycles. The Morgan fingerprint density at radius 2 is 1.82 bits per heavy atom. The number of halogens is 3. The second-order valence-corrected chi connectivity index (χ2v) is 10.7. The van der Waals surface area contributed by atoms with Gasteiger partial charge >= 0.3 is 0 Å². The largest absolute Gasteiger partial charge is 0.481 e. The first kappa shape index (κ1) is 27.6. The normalized spacial score (nSPS) is 18.8. The Morgan fingerprint density at radius 3 is 2.49 bits per heavy atom. The maximum atomic E-state index is 15.1. The van der Waals surface area contributed by atoms with Crippen LogP contribution in [0, 0.1) is 12.7 Å². The third kappa shape index (κ3) is 5.82. The van der Waals surface area contributed by atoms with Crippen molar-refractivity contribution in [1.29, 1.82) is 0 Å². The minimum Gasteiger partial charge on any atom is -0.481 e. The number of rotatable bonds is 7. The van der Waals surface area contributed by atoms with Crippen LogP contribution in [0.3, 0.4) is 0 Å². The Labute approximate surface area is 227 Å². The van der Waals surface area contributed by atoms with E-state index in [2.05, 4.69) is 20.2 Å². The van der Waals surface area contributed by atoms with Gasteiger partial charge in [-0.25, -0.2) is 23.1 Å². The molecule has 2 aliphatic rings. The first-order chi connectivity index (χ1) is 18.7. The smallest absolute Gasteiger partial charge is 0.273 e. The molecule has 4 heterocycles. The lowest BCUT2D eigenvalue weighted by molar-refractivity contribution is 0.0135. The van der Waals surface area contributed by atoms with Crippen LogP contribution >= 0.6 is 0 Å². The van der Waals surface area contributed by atoms with Crippen molar-refractivity contribution >= 4 is 16.9 Å². The Bertz CT molecular complexity index is 1320. The lowest BCUT2D eigenvalue weighted by Gasteiger charge is -2.39. The van der Waals surface area contributed by atoms with Crippen LogP contribution in [0.25, 0.3) is 11.0 Å². The van der Waals surface area contributed by atoms with Crippen molar-refractivity contribution < 1.29 is 22.6 Å². The van der Waals surface area contributed by atoms with Crippen molar-refractivity contribution in [2.45, 2.75) is 70.4 Å². The Hall–Kier alpha value is -2.98. The van der Waals surface area contributed by atoms with Crippen molar-refractivity contribution in [1.82, 2.24) is 19.9 Å². The van der Waals surface area contributed by atoms with Gasteiger partial charge in [0.05, 0.1) is 24.1 Å². The molecule has 0 aliphatic carbocycles. The monoisotopic (exact) mass is 543 g/mol. The molecule has 2 aliphatic heterocycles. The van der Waals surface area contributed by atoms with Crippen molar-refractivity contribution in [2.24, 2.45) is 0 Å². The summed E-state index contributed by atoms with van der Waals surface area (Å²) in [4.78, 5) is 16.4. The molecule has 0 amide bonds. The van der Waals surface area contributed by atoms with Gasteiger partial charge < -0.3 is 19.7 Å². The van der Waals surface area contributed by atoms with E-state index in [9.17, 15) is 8.78 Å². The summed E-state index contributed by atoms with van der Waals surface area (Å²) in [6, 6.07) is 6.05. The lowest BCUT2D eigenvalue weighted by Crippen LogP contribution is -2.43. The minimum atomic E-state index is -3.28. The number of anilines is 1. The van der Waals surface area contributed by atoms with E-state index in [0.717, 1.165) is 63.6 Å². The van der Waals surface area contributed by atoms with Crippen LogP contribution < -0.4 is 10.1 Å². The quantitative estimate of drug-likeness (QED) is 0.385. The van der Waals surface area contributed by atoms with Gasteiger partial charge in [-0.3, -0.25) is 0 Å². The first-order valence-corrected chi connectivity index (χ1v) is 13.6. The predicted molar refractivity (Wildman–Crippen MR) is 144 cm³/mol. The molecule has 0 spiro atoms. The number of piperidine rings is 1. The van der Waals surface area contributed by atoms with Crippen LogP contribution in [0.2, 0.25) is 0 Å². The Balaban J connectivity index is 1.44. The van der Waals surface area contributed by atoms with E-state index in [-0.39, 0.29) is 11.5 Å². The van der Waals surface area contributed by atoms with Crippen LogP contribution in [0.5, 0.6) is 5.88 Å². The van der Waals surface area contributed by atoms with E-state index in [0.29, 0.717) is 41.5 Å². The zero-order valence-corrected chi connectivity index (χ0v) is 22.9. The number of alkyl halides is 2. The van der Waals surface area contributed by atoms with Crippen LogP contribution in [0.15, 0.2) is 24.3 Å². The van der Waals surface area contributed by atoms with E-state index in [4.69, 9.17) is 14.5 Å². The molecule has 0 saturated carbocycles. The highest BCUT2D eigenvalue weighted by Crippen LogP contribution is 2.38. The fourth-order valence-electron chi connectivity index (χ4n) is 5.86. The maximum Gasteiger partial charge on any atom is 0.273 e. The van der Waals surface area contributed by atoms with E-state index in [1.807, 2.05) is 6.07 Å². The predicted octanol–water partition coefficient (Wildman–Crippen LogP) is 6.12. The van der Waals surface area contributed by atoms with Crippen molar-refractivity contribution in [3.8, 4) is 5.88 Å². The van der Waals surface area contributed by atoms with E-state index >= 15 is 4.39 Å². The Kier molecular flexibility index (Phi) is 7.96. The molecule has 2 saturated heterocycles. The molecule has 0 bridgehead atoms. The van der Waals surface area contributed by atoms with Gasteiger partial charge in [0.15, 0.2) is 5.65 Å². The fraction of sp³-hybridized carbons (Fsp3) is 0.552. The summed E-state index contributed by atoms with van der Waals surface area (Å²) < 4.78 is 54.2. The number of nitrogens with zero attached hydrogens (tertiary/aromatic N) is 4. The molecule has 1 aromatic carbocycles. The highest BCUT2D eigenvalue weighted by Gasteiger charge is 2.31. The zero-order valence-electron chi connectivity index (χ0n) is 22.9. The molecule has 0 radical (unpaired) electrons. The molecule has 7 nitrogen and oxygen atoms in total. The highest BCUT2D eigenvalue weighted by molar-refractivity contribution is 5.88. The number of aryl methyl sites for hydroxylation is 1. The summed E-state index contributed by atoms with van der Waals surface area (Å²) in [5, 5.41) is 3.93. The van der Waals surface area contributed by atoms with Crippen LogP contribution in [0.4, 0.5) is 19.0 Å². The SMILES string of the molecule is COc1nc2nc(C)nc(N[C@H](C)c3cccc(C(C)(F)F)c3F)c2cc1C1CCN(C2CCOCC2)CC1. The van der Waals surface area contributed by atoms with Gasteiger partial charge in [0.2, 0.25) is 5.88 Å². The molecule has 0 unspecified atom stereocenters. The molecule has 5 rings (SSSR count). The molecule has 210 valence electrons. The number of fused-ring (bicyclic) bond motifs is 1. The van der Waals surface area contributed by atoms with Crippen LogP contribution in [0.1, 0.15) is 74.0 Å². The molecule has 2 fully saturated rings. The zero-order chi connectivity index (χ0) is 27.7. The first-order valence-electron chi connectivity index (χ1n) is 13.6. The van der Waals surface area contributed by atoms with Crippen LogP contribution in [-0.4, -0.2) is 59.3 Å². The lowest BCUT2D eigenvalue weighted by atomic mass is 9.88. The molecule has 10 heteroatoms. The number of ether oxygens (including phenoxy) is 2. The summed E-state index contributed by atoms with van der Waals surface area (Å²) >= 11 is 0. The minimum absolute atomic E-state index is 0.139. The number of pyridine rings is 1. The number of hydrogen-bond acceptors (Lipinski definition) is 7. The number of aromatic nitrogens is 3. The summed E-state index contributed by atoms with van der Waals surface area (Å²) in [7, 11) is 1.61. The summed E-state index contributed by atoms with van der Waals surface area (Å²) in [6.07, 6.45) is 4.12. The third-order valence-corrected chi connectivity index (χ3v) is 7.98.